The molecule has 0 atom stereocenters. The summed E-state index contributed by atoms with van der Waals surface area (Å²) < 4.78 is 28.0. The second kappa shape index (κ2) is 8.26. The molecule has 29 heavy (non-hydrogen) atoms. The molecule has 2 aliphatic heterocycles. The van der Waals surface area contributed by atoms with Crippen molar-refractivity contribution < 1.29 is 13.2 Å². The Labute approximate surface area is 172 Å². The Bertz CT molecular complexity index is 1000. The average molecular weight is 414 g/mol. The Kier molecular flexibility index (Phi) is 5.72. The first kappa shape index (κ1) is 20.1. The Morgan fingerprint density at radius 1 is 0.966 bits per heavy atom. The van der Waals surface area contributed by atoms with E-state index in [0.717, 1.165) is 30.8 Å². The number of carbonyl (C=O) groups excluding carboxylic acids is 1. The van der Waals surface area contributed by atoms with Crippen LogP contribution in [0.15, 0.2) is 47.4 Å². The van der Waals surface area contributed by atoms with Crippen LogP contribution in [0.3, 0.4) is 0 Å². The molecule has 0 aliphatic carbocycles. The van der Waals surface area contributed by atoms with Crippen molar-refractivity contribution in [3.8, 4) is 0 Å². The molecule has 0 saturated carbocycles. The number of amides is 1. The minimum absolute atomic E-state index is 0.0192. The smallest absolute Gasteiger partial charge is 0.243 e. The van der Waals surface area contributed by atoms with Gasteiger partial charge in [-0.25, -0.2) is 8.42 Å². The zero-order valence-electron chi connectivity index (χ0n) is 16.7. The van der Waals surface area contributed by atoms with Gasteiger partial charge in [-0.05, 0) is 55.6 Å². The molecule has 154 valence electrons. The summed E-state index contributed by atoms with van der Waals surface area (Å²) in [5, 5.41) is 2.81. The minimum Gasteiger partial charge on any atom is -0.326 e. The van der Waals surface area contributed by atoms with Crippen LogP contribution in [0.2, 0.25) is 0 Å². The van der Waals surface area contributed by atoms with Crippen LogP contribution in [0.5, 0.6) is 0 Å². The van der Waals surface area contributed by atoms with Crippen molar-refractivity contribution in [2.45, 2.75) is 37.6 Å². The third-order valence-corrected chi connectivity index (χ3v) is 7.58. The van der Waals surface area contributed by atoms with Gasteiger partial charge in [-0.2, -0.15) is 4.31 Å². The molecule has 0 unspecified atom stereocenters. The number of carbonyl (C=O) groups is 1. The largest absolute Gasteiger partial charge is 0.326 e. The van der Waals surface area contributed by atoms with Crippen LogP contribution in [0.1, 0.15) is 29.5 Å². The molecule has 1 amide bonds. The first-order chi connectivity index (χ1) is 13.9. The number of fused-ring (bicyclic) bond motifs is 1. The number of benzene rings is 2. The lowest BCUT2D eigenvalue weighted by Gasteiger charge is -2.23. The highest BCUT2D eigenvalue weighted by Gasteiger charge is 2.28. The van der Waals surface area contributed by atoms with Gasteiger partial charge in [0.1, 0.15) is 0 Å². The number of rotatable bonds is 4. The molecular weight excluding hydrogens is 386 g/mol. The summed E-state index contributed by atoms with van der Waals surface area (Å²) in [5.74, 6) is -0.0192. The van der Waals surface area contributed by atoms with Crippen molar-refractivity contribution in [2.24, 2.45) is 0 Å². The molecule has 0 radical (unpaired) electrons. The lowest BCUT2D eigenvalue weighted by Crippen LogP contribution is -2.35. The molecule has 4 rings (SSSR count). The van der Waals surface area contributed by atoms with Crippen molar-refractivity contribution in [3.63, 3.8) is 0 Å². The maximum Gasteiger partial charge on any atom is 0.243 e. The van der Waals surface area contributed by atoms with Crippen LogP contribution < -0.4 is 5.32 Å². The molecule has 0 spiro atoms. The van der Waals surface area contributed by atoms with Crippen molar-refractivity contribution in [3.05, 3.63) is 59.2 Å². The molecule has 2 heterocycles. The predicted molar refractivity (Wildman–Crippen MR) is 113 cm³/mol. The Morgan fingerprint density at radius 2 is 1.76 bits per heavy atom. The number of nitrogens with one attached hydrogen (secondary N) is 1. The van der Waals surface area contributed by atoms with Gasteiger partial charge in [-0.15, -0.1) is 0 Å². The van der Waals surface area contributed by atoms with E-state index in [-0.39, 0.29) is 5.91 Å². The van der Waals surface area contributed by atoms with Gasteiger partial charge in [0, 0.05) is 38.3 Å². The molecule has 2 aromatic rings. The van der Waals surface area contributed by atoms with E-state index in [0.29, 0.717) is 37.4 Å². The SMILES string of the molecule is Cc1ccc(CN2CCCN(S(=O)(=O)c3ccc4c(c3)CCC(=O)N4)CC2)cc1. The fourth-order valence-corrected chi connectivity index (χ4v) is 5.49. The fourth-order valence-electron chi connectivity index (χ4n) is 3.97. The maximum absolute atomic E-state index is 13.2. The monoisotopic (exact) mass is 413 g/mol. The number of anilines is 1. The molecule has 2 aliphatic rings. The highest BCUT2D eigenvalue weighted by molar-refractivity contribution is 7.89. The summed E-state index contributed by atoms with van der Waals surface area (Å²) in [4.78, 5) is 14.2. The maximum atomic E-state index is 13.2. The lowest BCUT2D eigenvalue weighted by atomic mass is 10.0. The summed E-state index contributed by atoms with van der Waals surface area (Å²) >= 11 is 0. The summed E-state index contributed by atoms with van der Waals surface area (Å²) in [6.07, 6.45) is 1.79. The summed E-state index contributed by atoms with van der Waals surface area (Å²) in [7, 11) is -3.54. The van der Waals surface area contributed by atoms with Crippen LogP contribution >= 0.6 is 0 Å². The van der Waals surface area contributed by atoms with E-state index in [4.69, 9.17) is 0 Å². The third-order valence-electron chi connectivity index (χ3n) is 5.68. The minimum atomic E-state index is -3.54. The van der Waals surface area contributed by atoms with Crippen molar-refractivity contribution in [1.82, 2.24) is 9.21 Å². The number of hydrogen-bond donors (Lipinski definition) is 1. The number of hydrogen-bond acceptors (Lipinski definition) is 4. The van der Waals surface area contributed by atoms with E-state index in [1.807, 2.05) is 0 Å². The number of aryl methyl sites for hydroxylation is 2. The van der Waals surface area contributed by atoms with E-state index < -0.39 is 10.0 Å². The first-order valence-corrected chi connectivity index (χ1v) is 11.6. The van der Waals surface area contributed by atoms with Gasteiger partial charge >= 0.3 is 0 Å². The first-order valence-electron chi connectivity index (χ1n) is 10.1. The van der Waals surface area contributed by atoms with E-state index in [9.17, 15) is 13.2 Å². The summed E-state index contributed by atoms with van der Waals surface area (Å²) in [5.41, 5.74) is 4.11. The quantitative estimate of drug-likeness (QED) is 0.837. The second-order valence-corrected chi connectivity index (χ2v) is 9.82. The highest BCUT2D eigenvalue weighted by Crippen LogP contribution is 2.27. The molecule has 1 saturated heterocycles. The standard InChI is InChI=1S/C22H27N3O3S/c1-17-3-5-18(6-4-17)16-24-11-2-12-25(14-13-24)29(27,28)20-8-9-21-19(15-20)7-10-22(26)23-21/h3-6,8-9,15H,2,7,10-14,16H2,1H3,(H,23,26). The molecule has 6 nitrogen and oxygen atoms in total. The van der Waals surface area contributed by atoms with Gasteiger partial charge in [0.15, 0.2) is 0 Å². The number of nitrogens with zero attached hydrogens (tertiary/aromatic N) is 2. The Morgan fingerprint density at radius 3 is 2.55 bits per heavy atom. The van der Waals surface area contributed by atoms with E-state index in [2.05, 4.69) is 41.4 Å². The highest BCUT2D eigenvalue weighted by atomic mass is 32.2. The van der Waals surface area contributed by atoms with Gasteiger partial charge in [0.05, 0.1) is 4.90 Å². The Hall–Kier alpha value is -2.22. The lowest BCUT2D eigenvalue weighted by molar-refractivity contribution is -0.116. The van der Waals surface area contributed by atoms with E-state index in [1.54, 1.807) is 22.5 Å². The summed E-state index contributed by atoms with van der Waals surface area (Å²) in [6.45, 7) is 5.53. The third kappa shape index (κ3) is 4.52. The molecule has 1 N–H and O–H groups in total. The predicted octanol–water partition coefficient (Wildman–Crippen LogP) is 2.78. The average Bonchev–Trinajstić information content (AvgIpc) is 2.95. The van der Waals surface area contributed by atoms with Crippen LogP contribution in [-0.2, 0) is 27.8 Å². The van der Waals surface area contributed by atoms with Crippen molar-refractivity contribution in [2.75, 3.05) is 31.5 Å². The van der Waals surface area contributed by atoms with E-state index >= 15 is 0 Å². The zero-order valence-corrected chi connectivity index (χ0v) is 17.5. The van der Waals surface area contributed by atoms with Gasteiger partial charge in [-0.3, -0.25) is 9.69 Å². The topological polar surface area (TPSA) is 69.7 Å². The molecule has 0 aromatic heterocycles. The fraction of sp³-hybridized carbons (Fsp3) is 0.409. The molecule has 2 aromatic carbocycles. The van der Waals surface area contributed by atoms with Crippen molar-refractivity contribution in [1.29, 1.82) is 0 Å². The van der Waals surface area contributed by atoms with Gasteiger partial charge in [0.25, 0.3) is 0 Å². The van der Waals surface area contributed by atoms with Crippen LogP contribution in [-0.4, -0.2) is 49.7 Å². The van der Waals surface area contributed by atoms with Crippen LogP contribution in [0, 0.1) is 6.92 Å². The molecule has 0 bridgehead atoms. The Balaban J connectivity index is 1.45. The van der Waals surface area contributed by atoms with Gasteiger partial charge < -0.3 is 5.32 Å². The van der Waals surface area contributed by atoms with Crippen LogP contribution in [0.4, 0.5) is 5.69 Å². The summed E-state index contributed by atoms with van der Waals surface area (Å²) in [6, 6.07) is 13.5. The van der Waals surface area contributed by atoms with Crippen molar-refractivity contribution >= 4 is 21.6 Å². The van der Waals surface area contributed by atoms with Crippen LogP contribution in [0.25, 0.3) is 0 Å². The molecule has 7 heteroatoms. The van der Waals surface area contributed by atoms with Gasteiger partial charge in [-0.1, -0.05) is 29.8 Å². The zero-order chi connectivity index (χ0) is 20.4. The second-order valence-electron chi connectivity index (χ2n) is 7.89. The van der Waals surface area contributed by atoms with E-state index in [1.165, 1.54) is 11.1 Å². The normalized spacial score (nSPS) is 18.7. The van der Waals surface area contributed by atoms with Gasteiger partial charge in [0.2, 0.25) is 15.9 Å². The number of sulfonamides is 1. The molecule has 1 fully saturated rings. The molecular formula is C22H27N3O3S.